The highest BCUT2D eigenvalue weighted by molar-refractivity contribution is 6.31. The van der Waals surface area contributed by atoms with Gasteiger partial charge in [0.25, 0.3) is 0 Å². The van der Waals surface area contributed by atoms with Crippen LogP contribution in [0.5, 0.6) is 0 Å². The van der Waals surface area contributed by atoms with Crippen LogP contribution in [0, 0.1) is 11.3 Å². The van der Waals surface area contributed by atoms with E-state index in [1.807, 2.05) is 30.1 Å². The Morgan fingerprint density at radius 3 is 2.73 bits per heavy atom. The van der Waals surface area contributed by atoms with Crippen LogP contribution >= 0.6 is 11.6 Å². The summed E-state index contributed by atoms with van der Waals surface area (Å²) in [5, 5.41) is 14.8. The first-order valence-corrected chi connectivity index (χ1v) is 8.59. The highest BCUT2D eigenvalue weighted by Crippen LogP contribution is 2.21. The molecule has 0 fully saturated rings. The number of amides is 1. The summed E-state index contributed by atoms with van der Waals surface area (Å²) in [5.74, 6) is -0.188. The lowest BCUT2D eigenvalue weighted by molar-refractivity contribution is -0.117. The highest BCUT2D eigenvalue weighted by Gasteiger charge is 2.11. The normalized spacial score (nSPS) is 10.7. The number of carbonyl (C=O) groups is 1. The van der Waals surface area contributed by atoms with Gasteiger partial charge in [-0.1, -0.05) is 54.1 Å². The zero-order valence-electron chi connectivity index (χ0n) is 14.4. The number of benzene rings is 3. The third-order valence-electron chi connectivity index (χ3n) is 4.11. The molecule has 0 radical (unpaired) electrons. The van der Waals surface area contributed by atoms with E-state index in [0.29, 0.717) is 22.8 Å². The van der Waals surface area contributed by atoms with Gasteiger partial charge in [0.15, 0.2) is 0 Å². The molecule has 1 amide bonds. The lowest BCUT2D eigenvalue weighted by Gasteiger charge is -2.18. The van der Waals surface area contributed by atoms with Crippen molar-refractivity contribution in [1.29, 1.82) is 5.26 Å². The number of likely N-dealkylation sites (N-methyl/N-ethyl adjacent to an activating group) is 1. The van der Waals surface area contributed by atoms with Crippen molar-refractivity contribution in [3.63, 3.8) is 0 Å². The fourth-order valence-corrected chi connectivity index (χ4v) is 3.10. The topological polar surface area (TPSA) is 56.1 Å². The Morgan fingerprint density at radius 2 is 1.92 bits per heavy atom. The van der Waals surface area contributed by atoms with Crippen molar-refractivity contribution >= 4 is 34.0 Å². The zero-order chi connectivity index (χ0) is 18.5. The van der Waals surface area contributed by atoms with Crippen LogP contribution in [0.3, 0.4) is 0 Å². The van der Waals surface area contributed by atoms with Crippen molar-refractivity contribution in [2.75, 3.05) is 18.9 Å². The molecule has 0 unspecified atom stereocenters. The molecule has 130 valence electrons. The molecule has 0 saturated heterocycles. The minimum atomic E-state index is -0.188. The lowest BCUT2D eigenvalue weighted by atomic mass is 10.0. The molecule has 0 spiro atoms. The van der Waals surface area contributed by atoms with Gasteiger partial charge < -0.3 is 5.32 Å². The van der Waals surface area contributed by atoms with E-state index < -0.39 is 0 Å². The summed E-state index contributed by atoms with van der Waals surface area (Å²) in [5.41, 5.74) is 1.99. The second-order valence-electron chi connectivity index (χ2n) is 6.16. The largest absolute Gasteiger partial charge is 0.324 e. The molecular weight excluding hydrogens is 346 g/mol. The Hall–Kier alpha value is -2.87. The fraction of sp³-hybridized carbons (Fsp3) is 0.143. The van der Waals surface area contributed by atoms with Gasteiger partial charge in [0, 0.05) is 11.6 Å². The van der Waals surface area contributed by atoms with E-state index in [2.05, 4.69) is 35.7 Å². The van der Waals surface area contributed by atoms with Crippen molar-refractivity contribution < 1.29 is 4.79 Å². The number of anilines is 1. The summed E-state index contributed by atoms with van der Waals surface area (Å²) in [4.78, 5) is 14.3. The first kappa shape index (κ1) is 17.9. The van der Waals surface area contributed by atoms with E-state index in [-0.39, 0.29) is 12.5 Å². The van der Waals surface area contributed by atoms with Crippen LogP contribution in [0.1, 0.15) is 11.1 Å². The third kappa shape index (κ3) is 4.20. The summed E-state index contributed by atoms with van der Waals surface area (Å²) in [6.45, 7) is 0.857. The van der Waals surface area contributed by atoms with Crippen LogP contribution in [0.15, 0.2) is 60.7 Å². The van der Waals surface area contributed by atoms with Crippen molar-refractivity contribution in [2.24, 2.45) is 0 Å². The van der Waals surface area contributed by atoms with Crippen LogP contribution in [-0.4, -0.2) is 24.4 Å². The average Bonchev–Trinajstić information content (AvgIpc) is 2.62. The summed E-state index contributed by atoms with van der Waals surface area (Å²) >= 11 is 5.95. The van der Waals surface area contributed by atoms with E-state index in [9.17, 15) is 4.79 Å². The Bertz CT molecular complexity index is 989. The Labute approximate surface area is 157 Å². The second-order valence-corrected chi connectivity index (χ2v) is 6.60. The monoisotopic (exact) mass is 363 g/mol. The molecular formula is C21H18ClN3O. The number of hydrogen-bond donors (Lipinski definition) is 1. The molecule has 0 aliphatic carbocycles. The third-order valence-corrected chi connectivity index (χ3v) is 4.34. The SMILES string of the molecule is CN(CC(=O)Nc1cc(Cl)ccc1C#N)Cc1cccc2ccccc12. The molecule has 3 aromatic rings. The number of halogens is 1. The van der Waals surface area contributed by atoms with Gasteiger partial charge in [-0.15, -0.1) is 0 Å². The molecule has 5 heteroatoms. The predicted octanol–water partition coefficient (Wildman–Crippen LogP) is 4.44. The van der Waals surface area contributed by atoms with E-state index in [4.69, 9.17) is 16.9 Å². The first-order chi connectivity index (χ1) is 12.6. The van der Waals surface area contributed by atoms with Crippen LogP contribution in [0.4, 0.5) is 5.69 Å². The predicted molar refractivity (Wildman–Crippen MR) is 105 cm³/mol. The maximum Gasteiger partial charge on any atom is 0.238 e. The van der Waals surface area contributed by atoms with Crippen molar-refractivity contribution in [2.45, 2.75) is 6.54 Å². The fourth-order valence-electron chi connectivity index (χ4n) is 2.93. The number of hydrogen-bond acceptors (Lipinski definition) is 3. The molecule has 0 atom stereocenters. The summed E-state index contributed by atoms with van der Waals surface area (Å²) in [6.07, 6.45) is 0. The van der Waals surface area contributed by atoms with Crippen molar-refractivity contribution in [3.05, 3.63) is 76.8 Å². The van der Waals surface area contributed by atoms with Crippen LogP contribution in [-0.2, 0) is 11.3 Å². The zero-order valence-corrected chi connectivity index (χ0v) is 15.1. The Kier molecular flexibility index (Phi) is 5.52. The lowest BCUT2D eigenvalue weighted by Crippen LogP contribution is -2.30. The van der Waals surface area contributed by atoms with Gasteiger partial charge in [0.2, 0.25) is 5.91 Å². The molecule has 0 aromatic heterocycles. The molecule has 26 heavy (non-hydrogen) atoms. The van der Waals surface area contributed by atoms with Crippen molar-refractivity contribution in [1.82, 2.24) is 4.90 Å². The Morgan fingerprint density at radius 1 is 1.15 bits per heavy atom. The number of nitrogens with zero attached hydrogens (tertiary/aromatic N) is 2. The smallest absolute Gasteiger partial charge is 0.238 e. The van der Waals surface area contributed by atoms with Crippen LogP contribution in [0.2, 0.25) is 5.02 Å². The van der Waals surface area contributed by atoms with E-state index >= 15 is 0 Å². The number of nitrogens with one attached hydrogen (secondary N) is 1. The minimum absolute atomic E-state index is 0.188. The summed E-state index contributed by atoms with van der Waals surface area (Å²) in [6, 6.07) is 21.2. The summed E-state index contributed by atoms with van der Waals surface area (Å²) in [7, 11) is 1.89. The Balaban J connectivity index is 1.68. The molecule has 0 bridgehead atoms. The van der Waals surface area contributed by atoms with Gasteiger partial charge in [0.1, 0.15) is 6.07 Å². The number of carbonyl (C=O) groups excluding carboxylic acids is 1. The van der Waals surface area contributed by atoms with Crippen molar-refractivity contribution in [3.8, 4) is 6.07 Å². The second kappa shape index (κ2) is 8.01. The van der Waals surface area contributed by atoms with E-state index in [0.717, 1.165) is 0 Å². The van der Waals surface area contributed by atoms with E-state index in [1.54, 1.807) is 18.2 Å². The quantitative estimate of drug-likeness (QED) is 0.729. The highest BCUT2D eigenvalue weighted by atomic mass is 35.5. The number of rotatable bonds is 5. The molecule has 0 saturated carbocycles. The molecule has 4 nitrogen and oxygen atoms in total. The molecule has 0 aliphatic heterocycles. The maximum atomic E-state index is 12.4. The number of nitriles is 1. The first-order valence-electron chi connectivity index (χ1n) is 8.21. The molecule has 0 aliphatic rings. The minimum Gasteiger partial charge on any atom is -0.324 e. The molecule has 0 heterocycles. The van der Waals surface area contributed by atoms with Gasteiger partial charge in [-0.3, -0.25) is 9.69 Å². The van der Waals surface area contributed by atoms with Gasteiger partial charge in [0.05, 0.1) is 17.8 Å². The maximum absolute atomic E-state index is 12.4. The van der Waals surface area contributed by atoms with Gasteiger partial charge in [-0.05, 0) is 41.6 Å². The van der Waals surface area contributed by atoms with Gasteiger partial charge in [-0.2, -0.15) is 5.26 Å². The van der Waals surface area contributed by atoms with E-state index in [1.165, 1.54) is 16.3 Å². The van der Waals surface area contributed by atoms with Crippen LogP contribution < -0.4 is 5.32 Å². The van der Waals surface area contributed by atoms with Gasteiger partial charge in [-0.25, -0.2) is 0 Å². The average molecular weight is 364 g/mol. The standard InChI is InChI=1S/C21H18ClN3O/c1-25(13-17-7-4-6-15-5-2-3-8-19(15)17)14-21(26)24-20-11-18(22)10-9-16(20)12-23/h2-11H,13-14H2,1H3,(H,24,26). The van der Waals surface area contributed by atoms with Gasteiger partial charge >= 0.3 is 0 Å². The summed E-state index contributed by atoms with van der Waals surface area (Å²) < 4.78 is 0. The molecule has 3 aromatic carbocycles. The molecule has 1 N–H and O–H groups in total. The molecule has 3 rings (SSSR count). The van der Waals surface area contributed by atoms with Crippen LogP contribution in [0.25, 0.3) is 10.8 Å². The number of fused-ring (bicyclic) bond motifs is 1.